The highest BCUT2D eigenvalue weighted by molar-refractivity contribution is 5.69. The highest BCUT2D eigenvalue weighted by Gasteiger charge is 2.16. The summed E-state index contributed by atoms with van der Waals surface area (Å²) in [5.41, 5.74) is 0. The number of carbonyl (C=O) groups excluding carboxylic acids is 1. The largest absolute Gasteiger partial charge is 0.462 e. The second kappa shape index (κ2) is 9.49. The first-order valence-electron chi connectivity index (χ1n) is 7.52. The molecule has 1 aliphatic rings. The van der Waals surface area contributed by atoms with Crippen molar-refractivity contribution in [2.75, 3.05) is 0 Å². The van der Waals surface area contributed by atoms with Crippen molar-refractivity contribution < 1.29 is 9.53 Å². The minimum absolute atomic E-state index is 0.0356. The maximum absolute atomic E-state index is 11.6. The lowest BCUT2D eigenvalue weighted by Gasteiger charge is -2.15. The van der Waals surface area contributed by atoms with Gasteiger partial charge in [0.1, 0.15) is 6.10 Å². The Hall–Kier alpha value is -0.530. The molecule has 0 aromatic carbocycles. The van der Waals surface area contributed by atoms with E-state index in [0.29, 0.717) is 6.42 Å². The van der Waals surface area contributed by atoms with Crippen molar-refractivity contribution in [1.29, 1.82) is 0 Å². The number of unbranched alkanes of at least 4 members (excludes halogenated alkanes) is 4. The molecule has 0 aromatic heterocycles. The minimum Gasteiger partial charge on any atom is -0.462 e. The summed E-state index contributed by atoms with van der Waals surface area (Å²) in [6.07, 6.45) is 14.1. The third-order valence-electron chi connectivity index (χ3n) is 3.58. The molecule has 100 valence electrons. The zero-order valence-electron chi connectivity index (χ0n) is 11.4. The van der Waals surface area contributed by atoms with Gasteiger partial charge in [-0.1, -0.05) is 45.4 Å². The molecular formula is C15H28O2. The maximum Gasteiger partial charge on any atom is 0.306 e. The molecular weight excluding hydrogens is 212 g/mol. The number of esters is 1. The van der Waals surface area contributed by atoms with Crippen molar-refractivity contribution in [2.45, 2.75) is 90.1 Å². The summed E-state index contributed by atoms with van der Waals surface area (Å²) in [6, 6.07) is 0. The number of carbonyl (C=O) groups is 1. The standard InChI is InChI=1S/C15H28O2/c1-2-3-4-5-10-13-15(16)17-14-11-8-6-7-9-12-14/h14H,2-13H2,1H3. The molecule has 0 spiro atoms. The molecule has 2 heteroatoms. The lowest BCUT2D eigenvalue weighted by molar-refractivity contribution is -0.149. The summed E-state index contributed by atoms with van der Waals surface area (Å²) in [7, 11) is 0. The Morgan fingerprint density at radius 1 is 1.00 bits per heavy atom. The van der Waals surface area contributed by atoms with Crippen LogP contribution < -0.4 is 0 Å². The van der Waals surface area contributed by atoms with Gasteiger partial charge in [-0.05, 0) is 32.1 Å². The van der Waals surface area contributed by atoms with Crippen molar-refractivity contribution >= 4 is 5.97 Å². The van der Waals surface area contributed by atoms with E-state index in [4.69, 9.17) is 4.74 Å². The van der Waals surface area contributed by atoms with Gasteiger partial charge in [0.05, 0.1) is 0 Å². The van der Waals surface area contributed by atoms with Crippen LogP contribution >= 0.6 is 0 Å². The van der Waals surface area contributed by atoms with Crippen LogP contribution in [-0.2, 0) is 9.53 Å². The summed E-state index contributed by atoms with van der Waals surface area (Å²) >= 11 is 0. The van der Waals surface area contributed by atoms with Gasteiger partial charge >= 0.3 is 5.97 Å². The Morgan fingerprint density at radius 3 is 2.29 bits per heavy atom. The molecule has 0 radical (unpaired) electrons. The van der Waals surface area contributed by atoms with E-state index >= 15 is 0 Å². The monoisotopic (exact) mass is 240 g/mol. The van der Waals surface area contributed by atoms with Gasteiger partial charge in [0.15, 0.2) is 0 Å². The van der Waals surface area contributed by atoms with Gasteiger partial charge in [0.25, 0.3) is 0 Å². The van der Waals surface area contributed by atoms with Crippen LogP contribution in [0.25, 0.3) is 0 Å². The Morgan fingerprint density at radius 2 is 1.65 bits per heavy atom. The van der Waals surface area contributed by atoms with E-state index in [1.807, 2.05) is 0 Å². The van der Waals surface area contributed by atoms with E-state index in [0.717, 1.165) is 19.3 Å². The highest BCUT2D eigenvalue weighted by atomic mass is 16.5. The molecule has 0 amide bonds. The third-order valence-corrected chi connectivity index (χ3v) is 3.58. The van der Waals surface area contributed by atoms with E-state index in [9.17, 15) is 4.79 Å². The number of hydrogen-bond acceptors (Lipinski definition) is 2. The number of hydrogen-bond donors (Lipinski definition) is 0. The lowest BCUT2D eigenvalue weighted by Crippen LogP contribution is -2.17. The summed E-state index contributed by atoms with van der Waals surface area (Å²) in [5, 5.41) is 0. The Balaban J connectivity index is 2.03. The Labute approximate surface area is 106 Å². The van der Waals surface area contributed by atoms with Crippen molar-refractivity contribution in [3.05, 3.63) is 0 Å². The Kier molecular flexibility index (Phi) is 8.12. The van der Waals surface area contributed by atoms with Crippen LogP contribution in [0, 0.1) is 0 Å². The molecule has 0 heterocycles. The molecule has 0 aromatic rings. The molecule has 0 saturated heterocycles. The molecule has 1 aliphatic carbocycles. The molecule has 17 heavy (non-hydrogen) atoms. The Bertz CT molecular complexity index is 193. The first-order chi connectivity index (χ1) is 8.33. The van der Waals surface area contributed by atoms with Crippen LogP contribution in [0.2, 0.25) is 0 Å². The van der Waals surface area contributed by atoms with E-state index in [1.165, 1.54) is 51.4 Å². The zero-order chi connectivity index (χ0) is 12.3. The van der Waals surface area contributed by atoms with Crippen LogP contribution in [0.15, 0.2) is 0 Å². The van der Waals surface area contributed by atoms with Crippen molar-refractivity contribution in [3.8, 4) is 0 Å². The summed E-state index contributed by atoms with van der Waals surface area (Å²) in [4.78, 5) is 11.6. The highest BCUT2D eigenvalue weighted by Crippen LogP contribution is 2.20. The van der Waals surface area contributed by atoms with E-state index in [1.54, 1.807) is 0 Å². The summed E-state index contributed by atoms with van der Waals surface area (Å²) in [5.74, 6) is 0.0356. The average molecular weight is 240 g/mol. The minimum atomic E-state index is 0.0356. The van der Waals surface area contributed by atoms with E-state index in [-0.39, 0.29) is 12.1 Å². The van der Waals surface area contributed by atoms with Crippen molar-refractivity contribution in [1.82, 2.24) is 0 Å². The fourth-order valence-corrected chi connectivity index (χ4v) is 2.48. The second-order valence-electron chi connectivity index (χ2n) is 5.27. The van der Waals surface area contributed by atoms with Crippen LogP contribution in [0.1, 0.15) is 84.0 Å². The van der Waals surface area contributed by atoms with Crippen LogP contribution in [-0.4, -0.2) is 12.1 Å². The SMILES string of the molecule is CCCCCCCC(=O)OC1CCCCCC1. The fraction of sp³-hybridized carbons (Fsp3) is 0.933. The second-order valence-corrected chi connectivity index (χ2v) is 5.27. The molecule has 1 fully saturated rings. The number of ether oxygens (including phenoxy) is 1. The normalized spacial score (nSPS) is 17.7. The van der Waals surface area contributed by atoms with Gasteiger partial charge in [-0.15, -0.1) is 0 Å². The predicted molar refractivity (Wildman–Crippen MR) is 71.0 cm³/mol. The van der Waals surface area contributed by atoms with Crippen LogP contribution in [0.4, 0.5) is 0 Å². The molecule has 0 atom stereocenters. The molecule has 0 N–H and O–H groups in total. The average Bonchev–Trinajstić information content (AvgIpc) is 2.57. The van der Waals surface area contributed by atoms with Gasteiger partial charge in [0, 0.05) is 6.42 Å². The lowest BCUT2D eigenvalue weighted by atomic mass is 10.1. The zero-order valence-corrected chi connectivity index (χ0v) is 11.4. The van der Waals surface area contributed by atoms with E-state index in [2.05, 4.69) is 6.92 Å². The first kappa shape index (κ1) is 14.5. The van der Waals surface area contributed by atoms with Gasteiger partial charge in [-0.25, -0.2) is 0 Å². The quantitative estimate of drug-likeness (QED) is 0.369. The van der Waals surface area contributed by atoms with Gasteiger partial charge in [-0.3, -0.25) is 4.79 Å². The van der Waals surface area contributed by atoms with Crippen LogP contribution in [0.5, 0.6) is 0 Å². The van der Waals surface area contributed by atoms with E-state index < -0.39 is 0 Å². The predicted octanol–water partition coefficient (Wildman–Crippen LogP) is 4.61. The maximum atomic E-state index is 11.6. The van der Waals surface area contributed by atoms with Crippen molar-refractivity contribution in [2.24, 2.45) is 0 Å². The molecule has 1 rings (SSSR count). The topological polar surface area (TPSA) is 26.3 Å². The first-order valence-corrected chi connectivity index (χ1v) is 7.52. The van der Waals surface area contributed by atoms with Crippen molar-refractivity contribution in [3.63, 3.8) is 0 Å². The summed E-state index contributed by atoms with van der Waals surface area (Å²) < 4.78 is 5.54. The van der Waals surface area contributed by atoms with Gasteiger partial charge < -0.3 is 4.74 Å². The molecule has 1 saturated carbocycles. The van der Waals surface area contributed by atoms with Gasteiger partial charge in [-0.2, -0.15) is 0 Å². The smallest absolute Gasteiger partial charge is 0.306 e. The molecule has 0 unspecified atom stereocenters. The van der Waals surface area contributed by atoms with Gasteiger partial charge in [0.2, 0.25) is 0 Å². The summed E-state index contributed by atoms with van der Waals surface area (Å²) in [6.45, 7) is 2.21. The number of rotatable bonds is 7. The molecule has 2 nitrogen and oxygen atoms in total. The fourth-order valence-electron chi connectivity index (χ4n) is 2.48. The third kappa shape index (κ3) is 7.40. The molecule has 0 bridgehead atoms. The molecule has 0 aliphatic heterocycles. The van der Waals surface area contributed by atoms with Crippen LogP contribution in [0.3, 0.4) is 0 Å².